The van der Waals surface area contributed by atoms with Crippen LogP contribution in [0.2, 0.25) is 5.02 Å². The summed E-state index contributed by atoms with van der Waals surface area (Å²) in [5.41, 5.74) is 0.723. The van der Waals surface area contributed by atoms with E-state index in [4.69, 9.17) is 16.0 Å². The molecule has 1 aromatic carbocycles. The maximum atomic E-state index is 13.0. The second-order valence-corrected chi connectivity index (χ2v) is 8.54. The number of nitrogens with zero attached hydrogens (tertiary/aromatic N) is 3. The van der Waals surface area contributed by atoms with Crippen molar-refractivity contribution in [1.82, 2.24) is 19.9 Å². The minimum Gasteiger partial charge on any atom is -0.459 e. The number of hydrogen-bond donors (Lipinski definition) is 2. The zero-order valence-electron chi connectivity index (χ0n) is 17.6. The third kappa shape index (κ3) is 5.47. The predicted molar refractivity (Wildman–Crippen MR) is 126 cm³/mol. The van der Waals surface area contributed by atoms with Crippen LogP contribution >= 0.6 is 22.9 Å². The maximum Gasteiger partial charge on any atom is 0.293 e. The van der Waals surface area contributed by atoms with E-state index < -0.39 is 5.91 Å². The number of nitrogens with one attached hydrogen (secondary N) is 2. The van der Waals surface area contributed by atoms with Crippen molar-refractivity contribution >= 4 is 50.8 Å². The molecule has 0 radical (unpaired) electrons. The molecular formula is C22H20ClN5O4S. The molecule has 3 heterocycles. The largest absolute Gasteiger partial charge is 0.459 e. The Morgan fingerprint density at radius 1 is 1.27 bits per heavy atom. The van der Waals surface area contributed by atoms with Gasteiger partial charge in [0.15, 0.2) is 10.9 Å². The number of carbonyl (C=O) groups excluding carboxylic acids is 2. The van der Waals surface area contributed by atoms with E-state index in [0.717, 1.165) is 6.42 Å². The van der Waals surface area contributed by atoms with Crippen LogP contribution in [0.25, 0.3) is 10.9 Å². The fourth-order valence-electron chi connectivity index (χ4n) is 3.26. The van der Waals surface area contributed by atoms with Gasteiger partial charge in [-0.15, -0.1) is 11.3 Å². The summed E-state index contributed by atoms with van der Waals surface area (Å²) in [6, 6.07) is 8.04. The van der Waals surface area contributed by atoms with Crippen molar-refractivity contribution in [3.8, 4) is 0 Å². The van der Waals surface area contributed by atoms with Crippen LogP contribution < -0.4 is 10.9 Å². The van der Waals surface area contributed by atoms with Gasteiger partial charge in [-0.25, -0.2) is 9.97 Å². The van der Waals surface area contributed by atoms with Gasteiger partial charge in [0.2, 0.25) is 5.91 Å². The first-order chi connectivity index (χ1) is 15.9. The van der Waals surface area contributed by atoms with Crippen molar-refractivity contribution in [2.24, 2.45) is 0 Å². The highest BCUT2D eigenvalue weighted by Crippen LogP contribution is 2.19. The fraction of sp³-hybridized carbons (Fsp3) is 0.227. The number of amides is 2. The SMILES string of the molecule is CCCN(Cc1nc2cc(Cl)ccc2c(=O)[nH]1)C(=O)Cc1csc(NC(=O)c2ccco2)n1. The summed E-state index contributed by atoms with van der Waals surface area (Å²) in [7, 11) is 0. The molecular weight excluding hydrogens is 466 g/mol. The number of rotatable bonds is 8. The average Bonchev–Trinajstić information content (AvgIpc) is 3.45. The van der Waals surface area contributed by atoms with E-state index >= 15 is 0 Å². The van der Waals surface area contributed by atoms with Gasteiger partial charge in [0.05, 0.1) is 35.8 Å². The lowest BCUT2D eigenvalue weighted by molar-refractivity contribution is -0.131. The smallest absolute Gasteiger partial charge is 0.293 e. The third-order valence-corrected chi connectivity index (χ3v) is 5.80. The van der Waals surface area contributed by atoms with Crippen LogP contribution in [-0.2, 0) is 17.8 Å². The van der Waals surface area contributed by atoms with Crippen LogP contribution in [0.15, 0.2) is 51.2 Å². The van der Waals surface area contributed by atoms with E-state index in [1.807, 2.05) is 6.92 Å². The van der Waals surface area contributed by atoms with E-state index in [1.54, 1.807) is 40.6 Å². The Bertz CT molecular complexity index is 1350. The summed E-state index contributed by atoms with van der Waals surface area (Å²) in [5, 5.41) is 5.65. The highest BCUT2D eigenvalue weighted by Gasteiger charge is 2.18. The minimum atomic E-state index is -0.411. The number of hydrogen-bond acceptors (Lipinski definition) is 7. The third-order valence-electron chi connectivity index (χ3n) is 4.75. The first-order valence-corrected chi connectivity index (χ1v) is 11.4. The van der Waals surface area contributed by atoms with E-state index in [9.17, 15) is 14.4 Å². The van der Waals surface area contributed by atoms with Gasteiger partial charge in [-0.2, -0.15) is 0 Å². The number of aromatic amines is 1. The van der Waals surface area contributed by atoms with Gasteiger partial charge in [0.1, 0.15) is 5.82 Å². The molecule has 2 N–H and O–H groups in total. The van der Waals surface area contributed by atoms with Gasteiger partial charge in [0, 0.05) is 16.9 Å². The standard InChI is InChI=1S/C22H20ClN5O4S/c1-2-7-28(11-18-25-16-9-13(23)5-6-15(16)20(30)26-18)19(29)10-14-12-33-22(24-14)27-21(31)17-4-3-8-32-17/h3-6,8-9,12H,2,7,10-11H2,1H3,(H,24,27,31)(H,25,26,30). The first-order valence-electron chi connectivity index (χ1n) is 10.2. The van der Waals surface area contributed by atoms with Crippen molar-refractivity contribution in [1.29, 1.82) is 0 Å². The quantitative estimate of drug-likeness (QED) is 0.391. The van der Waals surface area contributed by atoms with Crippen LogP contribution in [0.1, 0.15) is 35.4 Å². The molecule has 0 bridgehead atoms. The molecule has 0 spiro atoms. The van der Waals surface area contributed by atoms with E-state index in [0.29, 0.717) is 39.1 Å². The van der Waals surface area contributed by atoms with Crippen molar-refractivity contribution in [3.63, 3.8) is 0 Å². The van der Waals surface area contributed by atoms with Gasteiger partial charge < -0.3 is 14.3 Å². The molecule has 0 aliphatic heterocycles. The zero-order chi connectivity index (χ0) is 23.4. The molecule has 9 nitrogen and oxygen atoms in total. The van der Waals surface area contributed by atoms with E-state index in [1.165, 1.54) is 17.6 Å². The Morgan fingerprint density at radius 3 is 2.88 bits per heavy atom. The number of benzene rings is 1. The van der Waals surface area contributed by atoms with Gasteiger partial charge in [-0.05, 0) is 36.8 Å². The lowest BCUT2D eigenvalue weighted by Gasteiger charge is -2.21. The summed E-state index contributed by atoms with van der Waals surface area (Å²) in [5.74, 6) is -0.0254. The minimum absolute atomic E-state index is 0.0523. The predicted octanol–water partition coefficient (Wildman–Crippen LogP) is 3.86. The molecule has 0 unspecified atom stereocenters. The molecule has 4 aromatic rings. The molecule has 2 amide bonds. The summed E-state index contributed by atoms with van der Waals surface area (Å²) in [4.78, 5) is 50.6. The van der Waals surface area contributed by atoms with E-state index in [2.05, 4.69) is 20.3 Å². The number of halogens is 1. The zero-order valence-corrected chi connectivity index (χ0v) is 19.2. The molecule has 0 aliphatic carbocycles. The van der Waals surface area contributed by atoms with Crippen molar-refractivity contribution in [3.05, 3.63) is 74.6 Å². The lowest BCUT2D eigenvalue weighted by atomic mass is 10.2. The Hall–Kier alpha value is -3.50. The summed E-state index contributed by atoms with van der Waals surface area (Å²) in [6.07, 6.45) is 2.20. The molecule has 0 saturated heterocycles. The summed E-state index contributed by atoms with van der Waals surface area (Å²) < 4.78 is 5.06. The number of furan rings is 1. The van der Waals surface area contributed by atoms with Crippen LogP contribution in [0.4, 0.5) is 5.13 Å². The maximum absolute atomic E-state index is 13.0. The topological polar surface area (TPSA) is 121 Å². The number of fused-ring (bicyclic) bond motifs is 1. The van der Waals surface area contributed by atoms with Crippen molar-refractivity contribution in [2.45, 2.75) is 26.3 Å². The summed E-state index contributed by atoms with van der Waals surface area (Å²) in [6.45, 7) is 2.60. The number of thiazole rings is 1. The van der Waals surface area contributed by atoms with Crippen molar-refractivity contribution in [2.75, 3.05) is 11.9 Å². The highest BCUT2D eigenvalue weighted by atomic mass is 35.5. The van der Waals surface area contributed by atoms with E-state index in [-0.39, 0.29) is 30.2 Å². The number of aromatic nitrogens is 3. The molecule has 0 atom stereocenters. The van der Waals surface area contributed by atoms with Crippen LogP contribution in [0.5, 0.6) is 0 Å². The molecule has 0 saturated carbocycles. The highest BCUT2D eigenvalue weighted by molar-refractivity contribution is 7.14. The molecule has 3 aromatic heterocycles. The molecule has 0 aliphatic rings. The van der Waals surface area contributed by atoms with Gasteiger partial charge in [0.25, 0.3) is 11.5 Å². The first kappa shape index (κ1) is 22.7. The van der Waals surface area contributed by atoms with Crippen molar-refractivity contribution < 1.29 is 14.0 Å². The van der Waals surface area contributed by atoms with Gasteiger partial charge >= 0.3 is 0 Å². The molecule has 33 heavy (non-hydrogen) atoms. The van der Waals surface area contributed by atoms with Gasteiger partial charge in [-0.3, -0.25) is 19.7 Å². The Morgan fingerprint density at radius 2 is 2.12 bits per heavy atom. The Kier molecular flexibility index (Phi) is 6.85. The second-order valence-electron chi connectivity index (χ2n) is 7.24. The lowest BCUT2D eigenvalue weighted by Crippen LogP contribution is -2.34. The second kappa shape index (κ2) is 9.97. The number of anilines is 1. The monoisotopic (exact) mass is 485 g/mol. The number of carbonyl (C=O) groups is 2. The van der Waals surface area contributed by atoms with Crippen LogP contribution in [0, 0.1) is 0 Å². The average molecular weight is 486 g/mol. The normalized spacial score (nSPS) is 11.0. The molecule has 0 fully saturated rings. The van der Waals surface area contributed by atoms with Gasteiger partial charge in [-0.1, -0.05) is 18.5 Å². The Labute approximate surface area is 197 Å². The molecule has 4 rings (SSSR count). The molecule has 170 valence electrons. The fourth-order valence-corrected chi connectivity index (χ4v) is 4.13. The van der Waals surface area contributed by atoms with Crippen LogP contribution in [0.3, 0.4) is 0 Å². The summed E-state index contributed by atoms with van der Waals surface area (Å²) >= 11 is 7.25. The molecule has 11 heteroatoms. The number of H-pyrrole nitrogens is 1. The Balaban J connectivity index is 1.46. The van der Waals surface area contributed by atoms with Crippen LogP contribution in [-0.4, -0.2) is 38.2 Å².